The number of aromatic carboxylic acids is 2. The van der Waals surface area contributed by atoms with Crippen molar-refractivity contribution in [2.45, 2.75) is 45.2 Å². The minimum Gasteiger partial charge on any atom is -0.478 e. The molecule has 45 heavy (non-hydrogen) atoms. The Morgan fingerprint density at radius 3 is 1.53 bits per heavy atom. The summed E-state index contributed by atoms with van der Waals surface area (Å²) in [7, 11) is 0. The van der Waals surface area contributed by atoms with Gasteiger partial charge in [0.25, 0.3) is 0 Å². The summed E-state index contributed by atoms with van der Waals surface area (Å²) < 4.78 is 49.1. The molecule has 0 radical (unpaired) electrons. The van der Waals surface area contributed by atoms with Crippen molar-refractivity contribution in [1.29, 1.82) is 0 Å². The van der Waals surface area contributed by atoms with Crippen LogP contribution in [0.4, 0.5) is 13.2 Å². The SMILES string of the molecule is CCc1ccc(C(C)(c2ccc(CC(=O)c3cc(Oc4ccc(C(=O)O)c(C(C)=O)c4)ccc3C(=O)O)cc2)C(F)(F)F)cc1. The van der Waals surface area contributed by atoms with Crippen molar-refractivity contribution >= 4 is 23.5 Å². The predicted molar refractivity (Wildman–Crippen MR) is 160 cm³/mol. The smallest absolute Gasteiger partial charge is 0.402 e. The average Bonchev–Trinajstić information content (AvgIpc) is 3.00. The van der Waals surface area contributed by atoms with E-state index in [2.05, 4.69) is 0 Å². The highest BCUT2D eigenvalue weighted by atomic mass is 19.4. The van der Waals surface area contributed by atoms with Crippen molar-refractivity contribution in [1.82, 2.24) is 0 Å². The van der Waals surface area contributed by atoms with Crippen LogP contribution in [0.1, 0.15) is 84.5 Å². The first-order chi connectivity index (χ1) is 21.1. The molecule has 0 aromatic heterocycles. The summed E-state index contributed by atoms with van der Waals surface area (Å²) in [5, 5.41) is 19.0. The van der Waals surface area contributed by atoms with Crippen molar-refractivity contribution in [2.24, 2.45) is 0 Å². The van der Waals surface area contributed by atoms with Crippen molar-refractivity contribution in [3.05, 3.63) is 129 Å². The van der Waals surface area contributed by atoms with E-state index in [4.69, 9.17) is 4.74 Å². The number of Topliss-reactive ketones (excluding diaryl/α,β-unsaturated/α-hetero) is 2. The Morgan fingerprint density at radius 1 is 0.667 bits per heavy atom. The molecule has 0 aliphatic rings. The van der Waals surface area contributed by atoms with E-state index in [-0.39, 0.29) is 51.3 Å². The molecule has 10 heteroatoms. The number of aryl methyl sites for hydroxylation is 1. The molecule has 4 rings (SSSR count). The molecule has 0 bridgehead atoms. The second-order valence-electron chi connectivity index (χ2n) is 10.7. The number of ether oxygens (including phenoxy) is 1. The number of hydrogen-bond donors (Lipinski definition) is 2. The number of alkyl halides is 3. The number of carbonyl (C=O) groups is 4. The van der Waals surface area contributed by atoms with Gasteiger partial charge < -0.3 is 14.9 Å². The second kappa shape index (κ2) is 12.8. The molecule has 1 unspecified atom stereocenters. The predicted octanol–water partition coefficient (Wildman–Crippen LogP) is 7.93. The summed E-state index contributed by atoms with van der Waals surface area (Å²) >= 11 is 0. The van der Waals surface area contributed by atoms with Crippen LogP contribution >= 0.6 is 0 Å². The van der Waals surface area contributed by atoms with E-state index in [1.165, 1.54) is 79.7 Å². The molecule has 2 N–H and O–H groups in total. The van der Waals surface area contributed by atoms with Crippen LogP contribution < -0.4 is 4.74 Å². The van der Waals surface area contributed by atoms with Gasteiger partial charge in [-0.05, 0) is 78.9 Å². The van der Waals surface area contributed by atoms with Gasteiger partial charge >= 0.3 is 18.1 Å². The number of benzene rings is 4. The van der Waals surface area contributed by atoms with Gasteiger partial charge in [0.1, 0.15) is 16.9 Å². The lowest BCUT2D eigenvalue weighted by Gasteiger charge is -2.33. The van der Waals surface area contributed by atoms with Gasteiger partial charge in [-0.25, -0.2) is 9.59 Å². The minimum absolute atomic E-state index is 0.0177. The molecule has 7 nitrogen and oxygen atoms in total. The Morgan fingerprint density at radius 2 is 1.11 bits per heavy atom. The van der Waals surface area contributed by atoms with Crippen LogP contribution in [0.25, 0.3) is 0 Å². The number of hydrogen-bond acceptors (Lipinski definition) is 5. The van der Waals surface area contributed by atoms with Gasteiger partial charge in [-0.1, -0.05) is 55.5 Å². The molecule has 0 saturated heterocycles. The Kier molecular flexibility index (Phi) is 9.27. The maximum atomic E-state index is 14.5. The largest absolute Gasteiger partial charge is 0.478 e. The standard InChI is InChI=1S/C35H29F3O7/c1-4-21-5-9-23(10-6-21)34(3,35(36,37)38)24-11-7-22(8-12-24)17-31(40)30-19-26(14-16-28(30)33(43)44)45-25-13-15-27(32(41)42)29(18-25)20(2)39/h5-16,18-19H,4,17H2,1-3H3,(H,41,42)(H,43,44). The molecular weight excluding hydrogens is 589 g/mol. The van der Waals surface area contributed by atoms with Gasteiger partial charge in [0.05, 0.1) is 11.1 Å². The summed E-state index contributed by atoms with van der Waals surface area (Å²) in [6, 6.07) is 19.1. The molecule has 0 spiro atoms. The maximum absolute atomic E-state index is 14.5. The molecular formula is C35H29F3O7. The first-order valence-corrected chi connectivity index (χ1v) is 13.9. The third kappa shape index (κ3) is 6.80. The van der Waals surface area contributed by atoms with E-state index >= 15 is 0 Å². The second-order valence-corrected chi connectivity index (χ2v) is 10.7. The van der Waals surface area contributed by atoms with Crippen molar-refractivity contribution in [3.63, 3.8) is 0 Å². The molecule has 0 heterocycles. The monoisotopic (exact) mass is 618 g/mol. The summed E-state index contributed by atoms with van der Waals surface area (Å²) in [6.07, 6.45) is -4.24. The Bertz CT molecular complexity index is 1770. The number of carbonyl (C=O) groups excluding carboxylic acids is 2. The lowest BCUT2D eigenvalue weighted by Crippen LogP contribution is -2.40. The van der Waals surface area contributed by atoms with E-state index in [9.17, 15) is 42.6 Å². The van der Waals surface area contributed by atoms with Crippen LogP contribution in [0.15, 0.2) is 84.9 Å². The average molecular weight is 619 g/mol. The fourth-order valence-corrected chi connectivity index (χ4v) is 5.01. The third-order valence-corrected chi connectivity index (χ3v) is 7.76. The number of rotatable bonds is 11. The molecule has 4 aromatic rings. The number of carboxylic acid groups (broad SMARTS) is 2. The maximum Gasteiger partial charge on any atom is 0.402 e. The normalized spacial score (nSPS) is 12.7. The quantitative estimate of drug-likeness (QED) is 0.164. The van der Waals surface area contributed by atoms with Crippen molar-refractivity contribution in [3.8, 4) is 11.5 Å². The lowest BCUT2D eigenvalue weighted by atomic mass is 9.75. The molecule has 0 aliphatic heterocycles. The molecule has 1 atom stereocenters. The number of ketones is 2. The Labute approximate surface area is 256 Å². The zero-order chi connectivity index (χ0) is 33.1. The van der Waals surface area contributed by atoms with Gasteiger partial charge in [0.2, 0.25) is 0 Å². The summed E-state index contributed by atoms with van der Waals surface area (Å²) in [5.74, 6) is -3.67. The first kappa shape index (κ1) is 32.7. The number of halogens is 3. The zero-order valence-corrected chi connectivity index (χ0v) is 24.6. The van der Waals surface area contributed by atoms with Crippen LogP contribution in [0.3, 0.4) is 0 Å². The summed E-state index contributed by atoms with van der Waals surface area (Å²) in [6.45, 7) is 4.21. The lowest BCUT2D eigenvalue weighted by molar-refractivity contribution is -0.173. The topological polar surface area (TPSA) is 118 Å². The van der Waals surface area contributed by atoms with E-state index in [0.29, 0.717) is 12.0 Å². The van der Waals surface area contributed by atoms with Crippen LogP contribution in [-0.2, 0) is 18.3 Å². The van der Waals surface area contributed by atoms with Gasteiger partial charge in [-0.2, -0.15) is 13.2 Å². The first-order valence-electron chi connectivity index (χ1n) is 13.9. The molecule has 0 fully saturated rings. The molecule has 0 amide bonds. The van der Waals surface area contributed by atoms with Gasteiger partial charge in [0.15, 0.2) is 11.6 Å². The Hall–Kier alpha value is -5.25. The molecule has 0 saturated carbocycles. The van der Waals surface area contributed by atoms with E-state index in [1.54, 1.807) is 12.1 Å². The van der Waals surface area contributed by atoms with E-state index in [1.807, 2.05) is 6.92 Å². The van der Waals surface area contributed by atoms with E-state index < -0.39 is 35.1 Å². The van der Waals surface area contributed by atoms with Gasteiger partial charge in [0, 0.05) is 17.5 Å². The molecule has 0 aliphatic carbocycles. The van der Waals surface area contributed by atoms with Crippen LogP contribution in [0, 0.1) is 0 Å². The van der Waals surface area contributed by atoms with Crippen molar-refractivity contribution in [2.75, 3.05) is 0 Å². The minimum atomic E-state index is -4.62. The third-order valence-electron chi connectivity index (χ3n) is 7.76. The highest BCUT2D eigenvalue weighted by Gasteiger charge is 2.53. The van der Waals surface area contributed by atoms with Crippen LogP contribution in [0.5, 0.6) is 11.5 Å². The van der Waals surface area contributed by atoms with Gasteiger partial charge in [-0.3, -0.25) is 9.59 Å². The Balaban J connectivity index is 1.62. The van der Waals surface area contributed by atoms with E-state index in [0.717, 1.165) is 12.5 Å². The van der Waals surface area contributed by atoms with Crippen LogP contribution in [-0.4, -0.2) is 39.9 Å². The van der Waals surface area contributed by atoms with Crippen LogP contribution in [0.2, 0.25) is 0 Å². The highest BCUT2D eigenvalue weighted by Crippen LogP contribution is 2.46. The summed E-state index contributed by atoms with van der Waals surface area (Å²) in [4.78, 5) is 48.6. The molecule has 232 valence electrons. The molecule has 4 aromatic carbocycles. The zero-order valence-electron chi connectivity index (χ0n) is 24.6. The fraction of sp³-hybridized carbons (Fsp3) is 0.200. The van der Waals surface area contributed by atoms with Gasteiger partial charge in [-0.15, -0.1) is 0 Å². The highest BCUT2D eigenvalue weighted by molar-refractivity contribution is 6.07. The van der Waals surface area contributed by atoms with Crippen molar-refractivity contribution < 1.29 is 47.3 Å². The summed E-state index contributed by atoms with van der Waals surface area (Å²) in [5.41, 5.74) is -1.80. The number of carboxylic acids is 2. The fourth-order valence-electron chi connectivity index (χ4n) is 5.01.